The maximum atomic E-state index is 12.8. The van der Waals surface area contributed by atoms with Crippen LogP contribution in [0.15, 0.2) is 40.9 Å². The molecule has 1 aliphatic carbocycles. The van der Waals surface area contributed by atoms with Crippen LogP contribution in [0.1, 0.15) is 37.3 Å². The summed E-state index contributed by atoms with van der Waals surface area (Å²) in [6.45, 7) is 0.426. The first-order chi connectivity index (χ1) is 11.3. The molecule has 118 valence electrons. The molecule has 0 bridgehead atoms. The van der Waals surface area contributed by atoms with Crippen LogP contribution in [0.2, 0.25) is 0 Å². The van der Waals surface area contributed by atoms with Crippen LogP contribution in [0.5, 0.6) is 0 Å². The molecule has 2 aromatic heterocycles. The fourth-order valence-corrected chi connectivity index (χ4v) is 2.66. The van der Waals surface area contributed by atoms with E-state index in [9.17, 15) is 4.79 Å². The highest BCUT2D eigenvalue weighted by molar-refractivity contribution is 5.78. The summed E-state index contributed by atoms with van der Waals surface area (Å²) in [5.41, 5.74) is 1.02. The molecule has 23 heavy (non-hydrogen) atoms. The predicted octanol–water partition coefficient (Wildman–Crippen LogP) is 2.23. The zero-order valence-electron chi connectivity index (χ0n) is 12.7. The van der Waals surface area contributed by atoms with Gasteiger partial charge in [-0.3, -0.25) is 9.36 Å². The molecule has 7 nitrogen and oxygen atoms in total. The van der Waals surface area contributed by atoms with Crippen molar-refractivity contribution in [2.24, 2.45) is 0 Å². The van der Waals surface area contributed by atoms with E-state index in [2.05, 4.69) is 16.3 Å². The van der Waals surface area contributed by atoms with Gasteiger partial charge in [0, 0.05) is 5.70 Å². The SMILES string of the molecule is N#Cc1nncn1CC(=O)N(Cc1ccco1)C1=CCCCC1. The molecular formula is C16H17N5O2. The van der Waals surface area contributed by atoms with Crippen molar-refractivity contribution in [1.82, 2.24) is 19.7 Å². The summed E-state index contributed by atoms with van der Waals surface area (Å²) in [7, 11) is 0. The lowest BCUT2D eigenvalue weighted by atomic mass is 10.0. The van der Waals surface area contributed by atoms with Gasteiger partial charge >= 0.3 is 0 Å². The van der Waals surface area contributed by atoms with E-state index in [0.29, 0.717) is 6.54 Å². The van der Waals surface area contributed by atoms with Gasteiger partial charge in [0.1, 0.15) is 24.7 Å². The molecule has 0 aromatic carbocycles. The third kappa shape index (κ3) is 3.48. The van der Waals surface area contributed by atoms with Gasteiger partial charge in [-0.05, 0) is 37.8 Å². The number of carbonyl (C=O) groups is 1. The van der Waals surface area contributed by atoms with Gasteiger partial charge in [0.25, 0.3) is 0 Å². The molecule has 0 aliphatic heterocycles. The van der Waals surface area contributed by atoms with E-state index in [1.807, 2.05) is 12.1 Å². The highest BCUT2D eigenvalue weighted by Crippen LogP contribution is 2.23. The van der Waals surface area contributed by atoms with Gasteiger partial charge in [-0.2, -0.15) is 5.26 Å². The first-order valence-corrected chi connectivity index (χ1v) is 7.57. The summed E-state index contributed by atoms with van der Waals surface area (Å²) in [6, 6.07) is 5.59. The lowest BCUT2D eigenvalue weighted by Gasteiger charge is -2.27. The van der Waals surface area contributed by atoms with E-state index in [-0.39, 0.29) is 18.3 Å². The van der Waals surface area contributed by atoms with Crippen molar-refractivity contribution in [3.63, 3.8) is 0 Å². The summed E-state index contributed by atoms with van der Waals surface area (Å²) in [5, 5.41) is 16.4. The van der Waals surface area contributed by atoms with Crippen LogP contribution in [0.25, 0.3) is 0 Å². The van der Waals surface area contributed by atoms with Crippen LogP contribution in [0, 0.1) is 11.3 Å². The second-order valence-electron chi connectivity index (χ2n) is 5.39. The second-order valence-corrected chi connectivity index (χ2v) is 5.39. The maximum Gasteiger partial charge on any atom is 0.247 e. The van der Waals surface area contributed by atoms with Crippen LogP contribution in [0.4, 0.5) is 0 Å². The number of allylic oxidation sites excluding steroid dienone is 2. The van der Waals surface area contributed by atoms with Crippen LogP contribution < -0.4 is 0 Å². The van der Waals surface area contributed by atoms with E-state index >= 15 is 0 Å². The zero-order valence-corrected chi connectivity index (χ0v) is 12.7. The Bertz CT molecular complexity index is 739. The molecule has 0 radical (unpaired) electrons. The summed E-state index contributed by atoms with van der Waals surface area (Å²) < 4.78 is 6.84. The van der Waals surface area contributed by atoms with Crippen molar-refractivity contribution in [2.45, 2.75) is 38.8 Å². The Morgan fingerprint density at radius 2 is 2.39 bits per heavy atom. The Labute approximate surface area is 133 Å². The van der Waals surface area contributed by atoms with Crippen LogP contribution in [0.3, 0.4) is 0 Å². The van der Waals surface area contributed by atoms with E-state index in [1.54, 1.807) is 17.2 Å². The summed E-state index contributed by atoms with van der Waals surface area (Å²) >= 11 is 0. The van der Waals surface area contributed by atoms with Crippen LogP contribution >= 0.6 is 0 Å². The van der Waals surface area contributed by atoms with Gasteiger partial charge in [0.15, 0.2) is 0 Å². The molecule has 0 saturated heterocycles. The molecule has 0 unspecified atom stereocenters. The zero-order chi connectivity index (χ0) is 16.1. The molecular weight excluding hydrogens is 294 g/mol. The summed E-state index contributed by atoms with van der Waals surface area (Å²) in [5.74, 6) is 0.758. The first-order valence-electron chi connectivity index (χ1n) is 7.57. The number of amides is 1. The van der Waals surface area contributed by atoms with Crippen LogP contribution in [-0.2, 0) is 17.9 Å². The third-order valence-electron chi connectivity index (χ3n) is 3.83. The predicted molar refractivity (Wildman–Crippen MR) is 80.5 cm³/mol. The Hall–Kier alpha value is -2.88. The first kappa shape index (κ1) is 15.0. The molecule has 0 N–H and O–H groups in total. The van der Waals surface area contributed by atoms with E-state index in [0.717, 1.165) is 37.1 Å². The molecule has 0 spiro atoms. The fourth-order valence-electron chi connectivity index (χ4n) is 2.66. The highest BCUT2D eigenvalue weighted by atomic mass is 16.3. The fraction of sp³-hybridized carbons (Fsp3) is 0.375. The lowest BCUT2D eigenvalue weighted by molar-refractivity contribution is -0.130. The average molecular weight is 311 g/mol. The number of aromatic nitrogens is 3. The Balaban J connectivity index is 1.80. The molecule has 0 fully saturated rings. The van der Waals surface area contributed by atoms with Crippen molar-refractivity contribution in [3.05, 3.63) is 48.1 Å². The largest absolute Gasteiger partial charge is 0.467 e. The molecule has 7 heteroatoms. The number of nitrogens with zero attached hydrogens (tertiary/aromatic N) is 5. The van der Waals surface area contributed by atoms with Crippen LogP contribution in [-0.4, -0.2) is 25.6 Å². The number of furan rings is 1. The molecule has 2 aromatic rings. The van der Waals surface area contributed by atoms with Crippen molar-refractivity contribution in [3.8, 4) is 6.07 Å². The Kier molecular flexibility index (Phi) is 4.52. The topological polar surface area (TPSA) is 87.9 Å². The van der Waals surface area contributed by atoms with E-state index in [4.69, 9.17) is 9.68 Å². The molecule has 0 atom stereocenters. The minimum atomic E-state index is -0.106. The molecule has 0 saturated carbocycles. The van der Waals surface area contributed by atoms with Crippen molar-refractivity contribution in [1.29, 1.82) is 5.26 Å². The minimum Gasteiger partial charge on any atom is -0.467 e. The van der Waals surface area contributed by atoms with Crippen molar-refractivity contribution < 1.29 is 9.21 Å². The molecule has 1 amide bonds. The quantitative estimate of drug-likeness (QED) is 0.845. The monoisotopic (exact) mass is 311 g/mol. The van der Waals surface area contributed by atoms with Gasteiger partial charge in [0.05, 0.1) is 12.8 Å². The smallest absolute Gasteiger partial charge is 0.247 e. The van der Waals surface area contributed by atoms with Gasteiger partial charge in [-0.15, -0.1) is 10.2 Å². The van der Waals surface area contributed by atoms with Gasteiger partial charge in [-0.25, -0.2) is 0 Å². The van der Waals surface area contributed by atoms with Gasteiger partial charge < -0.3 is 9.32 Å². The minimum absolute atomic E-state index is 0.0357. The normalized spacial score (nSPS) is 14.1. The van der Waals surface area contributed by atoms with Gasteiger partial charge in [-0.1, -0.05) is 6.08 Å². The molecule has 1 aliphatic rings. The maximum absolute atomic E-state index is 12.8. The number of nitriles is 1. The van der Waals surface area contributed by atoms with Crippen molar-refractivity contribution >= 4 is 5.91 Å². The number of carbonyl (C=O) groups excluding carboxylic acids is 1. The van der Waals surface area contributed by atoms with E-state index in [1.165, 1.54) is 10.9 Å². The number of rotatable bonds is 5. The molecule has 2 heterocycles. The van der Waals surface area contributed by atoms with Gasteiger partial charge in [0.2, 0.25) is 11.7 Å². The molecule has 3 rings (SSSR count). The average Bonchev–Trinajstić information content (AvgIpc) is 3.24. The van der Waals surface area contributed by atoms with E-state index < -0.39 is 0 Å². The summed E-state index contributed by atoms with van der Waals surface area (Å²) in [6.07, 6.45) is 9.19. The van der Waals surface area contributed by atoms with Crippen molar-refractivity contribution in [2.75, 3.05) is 0 Å². The lowest BCUT2D eigenvalue weighted by Crippen LogP contribution is -2.33. The Morgan fingerprint density at radius 1 is 1.48 bits per heavy atom. The summed E-state index contributed by atoms with van der Waals surface area (Å²) in [4.78, 5) is 14.5. The standard InChI is InChI=1S/C16H17N5O2/c17-9-15-19-18-12-20(15)11-16(22)21(10-14-7-4-8-23-14)13-5-2-1-3-6-13/h4-5,7-8,12H,1-3,6,10-11H2. The third-order valence-corrected chi connectivity index (χ3v) is 3.83. The second kappa shape index (κ2) is 6.92. The number of hydrogen-bond acceptors (Lipinski definition) is 5. The Morgan fingerprint density at radius 3 is 3.09 bits per heavy atom. The highest BCUT2D eigenvalue weighted by Gasteiger charge is 2.22. The number of hydrogen-bond donors (Lipinski definition) is 0.